The lowest BCUT2D eigenvalue weighted by molar-refractivity contribution is -0.137. The Bertz CT molecular complexity index is 707. The van der Waals surface area contributed by atoms with E-state index in [-0.39, 0.29) is 5.56 Å². The molecule has 0 radical (unpaired) electrons. The number of carbonyl (C=O) groups excluding carboxylic acids is 1. The van der Waals surface area contributed by atoms with Crippen LogP contribution < -0.4 is 4.90 Å². The van der Waals surface area contributed by atoms with Crippen molar-refractivity contribution < 1.29 is 14.3 Å². The van der Waals surface area contributed by atoms with Gasteiger partial charge < -0.3 is 10.0 Å². The van der Waals surface area contributed by atoms with Crippen molar-refractivity contribution in [2.45, 2.75) is 11.8 Å². The Morgan fingerprint density at radius 3 is 2.57 bits per heavy atom. The van der Waals surface area contributed by atoms with Crippen molar-refractivity contribution in [1.29, 1.82) is 0 Å². The van der Waals surface area contributed by atoms with Gasteiger partial charge in [-0.15, -0.1) is 0 Å². The third-order valence-electron chi connectivity index (χ3n) is 3.82. The van der Waals surface area contributed by atoms with Crippen molar-refractivity contribution in [2.24, 2.45) is 0 Å². The van der Waals surface area contributed by atoms with Crippen molar-refractivity contribution in [3.8, 4) is 0 Å². The topological polar surface area (TPSA) is 40.5 Å². The van der Waals surface area contributed by atoms with Crippen LogP contribution >= 0.6 is 11.6 Å². The van der Waals surface area contributed by atoms with Gasteiger partial charge >= 0.3 is 0 Å². The Morgan fingerprint density at radius 2 is 1.90 bits per heavy atom. The summed E-state index contributed by atoms with van der Waals surface area (Å²) < 4.78 is 15.5. The smallest absolute Gasteiger partial charge is 0.272 e. The maximum atomic E-state index is 15.5. The lowest BCUT2D eigenvalue weighted by Crippen LogP contribution is -2.39. The maximum Gasteiger partial charge on any atom is 0.272 e. The number of amides is 1. The molecule has 1 amide bonds. The highest BCUT2D eigenvalue weighted by atomic mass is 35.5. The molecule has 5 heteroatoms. The van der Waals surface area contributed by atoms with Gasteiger partial charge in [-0.3, -0.25) is 4.79 Å². The highest BCUT2D eigenvalue weighted by Gasteiger charge is 2.56. The summed E-state index contributed by atoms with van der Waals surface area (Å²) in [5.41, 5.74) is -1.64. The van der Waals surface area contributed by atoms with Crippen LogP contribution in [-0.4, -0.2) is 18.1 Å². The lowest BCUT2D eigenvalue weighted by Gasteiger charge is -2.25. The molecule has 0 bridgehead atoms. The Hall–Kier alpha value is -1.91. The van der Waals surface area contributed by atoms with Gasteiger partial charge in [0, 0.05) is 17.6 Å². The van der Waals surface area contributed by atoms with Crippen molar-refractivity contribution in [2.75, 3.05) is 11.9 Å². The largest absolute Gasteiger partial charge is 0.384 e. The molecule has 21 heavy (non-hydrogen) atoms. The third-order valence-corrected chi connectivity index (χ3v) is 4.06. The van der Waals surface area contributed by atoms with Gasteiger partial charge in [-0.05, 0) is 17.7 Å². The molecule has 0 aromatic heterocycles. The van der Waals surface area contributed by atoms with E-state index in [1.54, 1.807) is 30.3 Å². The van der Waals surface area contributed by atoms with Crippen molar-refractivity contribution >= 4 is 23.2 Å². The van der Waals surface area contributed by atoms with Crippen LogP contribution in [0.3, 0.4) is 0 Å². The van der Waals surface area contributed by atoms with Crippen LogP contribution in [0.2, 0.25) is 5.02 Å². The van der Waals surface area contributed by atoms with Gasteiger partial charge in [-0.2, -0.15) is 0 Å². The highest BCUT2D eigenvalue weighted by Crippen LogP contribution is 2.50. The number of likely N-dealkylation sites (N-methyl/N-ethyl adjacent to an activating group) is 1. The number of benzene rings is 2. The second-order valence-electron chi connectivity index (χ2n) is 5.05. The van der Waals surface area contributed by atoms with Crippen molar-refractivity contribution in [3.05, 3.63) is 64.7 Å². The monoisotopic (exact) mass is 305 g/mol. The fourth-order valence-corrected chi connectivity index (χ4v) is 2.85. The Labute approximate surface area is 126 Å². The van der Waals surface area contributed by atoms with Gasteiger partial charge in [-0.1, -0.05) is 48.0 Å². The number of nitrogens with zero attached hydrogens (tertiary/aromatic N) is 1. The molecule has 1 aliphatic rings. The molecule has 1 unspecified atom stereocenters. The predicted molar refractivity (Wildman–Crippen MR) is 79.0 cm³/mol. The fourth-order valence-electron chi connectivity index (χ4n) is 2.69. The summed E-state index contributed by atoms with van der Waals surface area (Å²) in [6, 6.07) is 12.8. The van der Waals surface area contributed by atoms with Crippen LogP contribution in [0.4, 0.5) is 10.1 Å². The van der Waals surface area contributed by atoms with E-state index in [2.05, 4.69) is 0 Å². The number of aliphatic hydroxyl groups is 1. The number of rotatable bonds is 2. The summed E-state index contributed by atoms with van der Waals surface area (Å²) in [5.74, 6) is -0.795. The molecular weight excluding hydrogens is 293 g/mol. The van der Waals surface area contributed by atoms with E-state index in [1.807, 2.05) is 0 Å². The number of halogens is 2. The van der Waals surface area contributed by atoms with Crippen LogP contribution in [0.1, 0.15) is 17.2 Å². The van der Waals surface area contributed by atoms with Crippen molar-refractivity contribution in [1.82, 2.24) is 0 Å². The standard InChI is InChI=1S/C16H13ClFNO2/c1-19-13-9-11(17)7-8-12(13)16(18,15(19)21)14(20)10-5-3-2-4-6-10/h2-9,14,20H,1H3/t14?,16-/m1/s1. The van der Waals surface area contributed by atoms with E-state index in [0.29, 0.717) is 16.3 Å². The van der Waals surface area contributed by atoms with E-state index in [4.69, 9.17) is 11.6 Å². The Balaban J connectivity index is 2.15. The summed E-state index contributed by atoms with van der Waals surface area (Å²) in [6.45, 7) is 0. The van der Waals surface area contributed by atoms with Gasteiger partial charge in [0.05, 0.1) is 5.69 Å². The molecule has 0 saturated heterocycles. The molecule has 1 heterocycles. The number of aliphatic hydroxyl groups excluding tert-OH is 1. The minimum atomic E-state index is -2.50. The molecule has 3 rings (SSSR count). The highest BCUT2D eigenvalue weighted by molar-refractivity contribution is 6.31. The number of hydrogen-bond acceptors (Lipinski definition) is 2. The summed E-state index contributed by atoms with van der Waals surface area (Å²) in [6.07, 6.45) is -1.57. The molecule has 3 nitrogen and oxygen atoms in total. The first kappa shape index (κ1) is 14.0. The van der Waals surface area contributed by atoms with Gasteiger partial charge in [0.1, 0.15) is 6.10 Å². The summed E-state index contributed by atoms with van der Waals surface area (Å²) in [5, 5.41) is 10.8. The van der Waals surface area contributed by atoms with Crippen LogP contribution in [0.25, 0.3) is 0 Å². The van der Waals surface area contributed by atoms with E-state index in [1.165, 1.54) is 30.1 Å². The van der Waals surface area contributed by atoms with Gasteiger partial charge in [0.15, 0.2) is 0 Å². The van der Waals surface area contributed by atoms with Gasteiger partial charge in [0.25, 0.3) is 5.91 Å². The third kappa shape index (κ3) is 1.94. The molecule has 1 N–H and O–H groups in total. The molecular formula is C16H13ClFNO2. The van der Waals surface area contributed by atoms with Crippen LogP contribution in [-0.2, 0) is 10.5 Å². The molecule has 1 aliphatic heterocycles. The van der Waals surface area contributed by atoms with Crippen molar-refractivity contribution in [3.63, 3.8) is 0 Å². The normalized spacial score (nSPS) is 22.3. The Kier molecular flexibility index (Phi) is 3.23. The Morgan fingerprint density at radius 1 is 1.24 bits per heavy atom. The zero-order chi connectivity index (χ0) is 15.2. The van der Waals surface area contributed by atoms with Gasteiger partial charge in [0.2, 0.25) is 5.67 Å². The first-order valence-corrected chi connectivity index (χ1v) is 6.84. The first-order chi connectivity index (χ1) is 9.96. The predicted octanol–water partition coefficient (Wildman–Crippen LogP) is 3.21. The average molecular weight is 306 g/mol. The van der Waals surface area contributed by atoms with Crippen LogP contribution in [0.5, 0.6) is 0 Å². The minimum Gasteiger partial charge on any atom is -0.384 e. The van der Waals surface area contributed by atoms with E-state index in [0.717, 1.165) is 0 Å². The number of fused-ring (bicyclic) bond motifs is 1. The molecule has 0 spiro atoms. The first-order valence-electron chi connectivity index (χ1n) is 6.46. The SMILES string of the molecule is CN1C(=O)[C@](F)(C(O)c2ccccc2)c2ccc(Cl)cc21. The molecule has 108 valence electrons. The second-order valence-corrected chi connectivity index (χ2v) is 5.49. The number of hydrogen-bond donors (Lipinski definition) is 1. The fraction of sp³-hybridized carbons (Fsp3) is 0.188. The zero-order valence-corrected chi connectivity index (χ0v) is 12.0. The average Bonchev–Trinajstić information content (AvgIpc) is 2.70. The molecule has 2 atom stereocenters. The summed E-state index contributed by atoms with van der Waals surface area (Å²) in [7, 11) is 1.47. The minimum absolute atomic E-state index is 0.135. The molecule has 0 aliphatic carbocycles. The second kappa shape index (κ2) is 4.83. The van der Waals surface area contributed by atoms with E-state index >= 15 is 4.39 Å². The van der Waals surface area contributed by atoms with E-state index in [9.17, 15) is 9.90 Å². The summed E-state index contributed by atoms with van der Waals surface area (Å²) >= 11 is 5.90. The molecule has 2 aromatic carbocycles. The number of carbonyl (C=O) groups is 1. The van der Waals surface area contributed by atoms with Gasteiger partial charge in [-0.25, -0.2) is 4.39 Å². The maximum absolute atomic E-state index is 15.5. The van der Waals surface area contributed by atoms with Crippen LogP contribution in [0, 0.1) is 0 Å². The zero-order valence-electron chi connectivity index (χ0n) is 11.3. The quantitative estimate of drug-likeness (QED) is 0.925. The van der Waals surface area contributed by atoms with Crippen LogP contribution in [0.15, 0.2) is 48.5 Å². The lowest BCUT2D eigenvalue weighted by atomic mass is 9.87. The van der Waals surface area contributed by atoms with E-state index < -0.39 is 17.7 Å². The molecule has 0 saturated carbocycles. The number of anilines is 1. The summed E-state index contributed by atoms with van der Waals surface area (Å²) in [4.78, 5) is 13.5. The number of alkyl halides is 1. The molecule has 0 fully saturated rings. The molecule has 2 aromatic rings.